The van der Waals surface area contributed by atoms with Crippen molar-refractivity contribution >= 4 is 31.3 Å². The van der Waals surface area contributed by atoms with Gasteiger partial charge >= 0.3 is 0 Å². The van der Waals surface area contributed by atoms with E-state index >= 15 is 0 Å². The molecule has 0 fully saturated rings. The number of halogens is 3. The van der Waals surface area contributed by atoms with Crippen molar-refractivity contribution in [1.29, 1.82) is 0 Å². The monoisotopic (exact) mass is 348 g/mol. The summed E-state index contributed by atoms with van der Waals surface area (Å²) in [6.07, 6.45) is 0. The molecular formula is C14H11Cl2FO3S. The summed E-state index contributed by atoms with van der Waals surface area (Å²) in [4.78, 5) is 0.0128. The van der Waals surface area contributed by atoms with E-state index in [2.05, 4.69) is 0 Å². The lowest BCUT2D eigenvalue weighted by Gasteiger charge is -2.10. The van der Waals surface area contributed by atoms with Crippen LogP contribution in [0.25, 0.3) is 0 Å². The number of hydrogen-bond donors (Lipinski definition) is 0. The van der Waals surface area contributed by atoms with Crippen molar-refractivity contribution in [2.24, 2.45) is 0 Å². The summed E-state index contributed by atoms with van der Waals surface area (Å²) in [5, 5.41) is 0.0244. The zero-order chi connectivity index (χ0) is 15.6. The minimum atomic E-state index is -3.76. The Balaban J connectivity index is 2.15. The predicted octanol–water partition coefficient (Wildman–Crippen LogP) is 4.29. The molecule has 21 heavy (non-hydrogen) atoms. The summed E-state index contributed by atoms with van der Waals surface area (Å²) < 4.78 is 41.0. The van der Waals surface area contributed by atoms with Gasteiger partial charge < -0.3 is 4.74 Å². The SMILES string of the molecule is Cc1cc(S(=O)(=O)Cl)ccc1OCc1ccc(F)c(Cl)c1. The number of aryl methyl sites for hydroxylation is 1. The van der Waals surface area contributed by atoms with Gasteiger partial charge in [-0.25, -0.2) is 12.8 Å². The molecule has 0 aliphatic rings. The highest BCUT2D eigenvalue weighted by Gasteiger charge is 2.12. The second-order valence-electron chi connectivity index (χ2n) is 4.40. The smallest absolute Gasteiger partial charge is 0.261 e. The van der Waals surface area contributed by atoms with Crippen molar-refractivity contribution in [1.82, 2.24) is 0 Å². The average Bonchev–Trinajstić information content (AvgIpc) is 2.40. The molecule has 0 bridgehead atoms. The Morgan fingerprint density at radius 1 is 1.19 bits per heavy atom. The summed E-state index contributed by atoms with van der Waals surface area (Å²) in [6, 6.07) is 8.61. The maximum absolute atomic E-state index is 13.0. The van der Waals surface area contributed by atoms with Gasteiger partial charge in [-0.05, 0) is 48.4 Å². The van der Waals surface area contributed by atoms with Crippen LogP contribution in [0.1, 0.15) is 11.1 Å². The molecule has 0 unspecified atom stereocenters. The zero-order valence-corrected chi connectivity index (χ0v) is 13.3. The van der Waals surface area contributed by atoms with E-state index in [4.69, 9.17) is 27.0 Å². The fourth-order valence-electron chi connectivity index (χ4n) is 1.73. The molecule has 3 nitrogen and oxygen atoms in total. The molecule has 0 heterocycles. The lowest BCUT2D eigenvalue weighted by Crippen LogP contribution is -1.99. The number of ether oxygens (including phenoxy) is 1. The molecule has 0 saturated carbocycles. The number of benzene rings is 2. The van der Waals surface area contributed by atoms with Gasteiger partial charge in [-0.15, -0.1) is 0 Å². The first-order valence-corrected chi connectivity index (χ1v) is 8.58. The second kappa shape index (κ2) is 6.22. The molecule has 2 aromatic carbocycles. The van der Waals surface area contributed by atoms with Gasteiger partial charge in [-0.1, -0.05) is 17.7 Å². The van der Waals surface area contributed by atoms with Crippen LogP contribution in [0.4, 0.5) is 4.39 Å². The quantitative estimate of drug-likeness (QED) is 0.774. The van der Waals surface area contributed by atoms with Gasteiger partial charge in [0.25, 0.3) is 9.05 Å². The zero-order valence-electron chi connectivity index (χ0n) is 10.9. The summed E-state index contributed by atoms with van der Waals surface area (Å²) in [5.41, 5.74) is 1.33. The van der Waals surface area contributed by atoms with E-state index in [1.165, 1.54) is 30.3 Å². The molecule has 0 aliphatic heterocycles. The fraction of sp³-hybridized carbons (Fsp3) is 0.143. The van der Waals surface area contributed by atoms with Crippen LogP contribution >= 0.6 is 22.3 Å². The van der Waals surface area contributed by atoms with Crippen molar-refractivity contribution in [2.45, 2.75) is 18.4 Å². The predicted molar refractivity (Wildman–Crippen MR) is 80.0 cm³/mol. The highest BCUT2D eigenvalue weighted by atomic mass is 35.7. The van der Waals surface area contributed by atoms with Crippen LogP contribution in [-0.4, -0.2) is 8.42 Å². The van der Waals surface area contributed by atoms with Crippen molar-refractivity contribution in [2.75, 3.05) is 0 Å². The Bertz CT molecular complexity index is 776. The summed E-state index contributed by atoms with van der Waals surface area (Å²) in [6.45, 7) is 1.90. The van der Waals surface area contributed by atoms with Crippen LogP contribution in [0.15, 0.2) is 41.3 Å². The van der Waals surface area contributed by atoms with Gasteiger partial charge in [0.1, 0.15) is 18.2 Å². The van der Waals surface area contributed by atoms with E-state index in [0.29, 0.717) is 16.9 Å². The third-order valence-corrected chi connectivity index (χ3v) is 4.45. The topological polar surface area (TPSA) is 43.4 Å². The van der Waals surface area contributed by atoms with Crippen LogP contribution in [0.3, 0.4) is 0 Å². The van der Waals surface area contributed by atoms with Gasteiger partial charge in [0.2, 0.25) is 0 Å². The molecule has 0 amide bonds. The van der Waals surface area contributed by atoms with Crippen LogP contribution in [0.2, 0.25) is 5.02 Å². The first kappa shape index (κ1) is 16.1. The number of hydrogen-bond acceptors (Lipinski definition) is 3. The standard InChI is InChI=1S/C14H11Cl2FO3S/c1-9-6-11(21(16,18)19)3-5-14(9)20-8-10-2-4-13(17)12(15)7-10/h2-7H,8H2,1H3. The van der Waals surface area contributed by atoms with Gasteiger partial charge in [-0.2, -0.15) is 0 Å². The molecule has 112 valence electrons. The fourth-order valence-corrected chi connectivity index (χ4v) is 2.77. The largest absolute Gasteiger partial charge is 0.489 e. The van der Waals surface area contributed by atoms with E-state index in [0.717, 1.165) is 0 Å². The minimum absolute atomic E-state index is 0.0128. The Labute approximate surface area is 131 Å². The molecule has 0 aromatic heterocycles. The summed E-state index contributed by atoms with van der Waals surface area (Å²) >= 11 is 5.69. The van der Waals surface area contributed by atoms with Crippen molar-refractivity contribution in [3.63, 3.8) is 0 Å². The third kappa shape index (κ3) is 4.09. The van der Waals surface area contributed by atoms with E-state index in [1.807, 2.05) is 0 Å². The molecular weight excluding hydrogens is 338 g/mol. The van der Waals surface area contributed by atoms with Gasteiger partial charge in [0, 0.05) is 10.7 Å². The molecule has 2 aromatic rings. The normalized spacial score (nSPS) is 11.4. The van der Waals surface area contributed by atoms with Crippen LogP contribution in [0, 0.1) is 12.7 Å². The van der Waals surface area contributed by atoms with Gasteiger partial charge in [0.05, 0.1) is 9.92 Å². The molecule has 7 heteroatoms. The highest BCUT2D eigenvalue weighted by molar-refractivity contribution is 8.13. The molecule has 0 atom stereocenters. The minimum Gasteiger partial charge on any atom is -0.489 e. The van der Waals surface area contributed by atoms with Gasteiger partial charge in [0.15, 0.2) is 0 Å². The van der Waals surface area contributed by atoms with Crippen LogP contribution in [-0.2, 0) is 15.7 Å². The summed E-state index contributed by atoms with van der Waals surface area (Å²) in [7, 11) is 1.51. The number of rotatable bonds is 4. The maximum atomic E-state index is 13.0. The van der Waals surface area contributed by atoms with Crippen LogP contribution < -0.4 is 4.74 Å². The molecule has 0 radical (unpaired) electrons. The van der Waals surface area contributed by atoms with E-state index in [-0.39, 0.29) is 16.5 Å². The Kier molecular flexibility index (Phi) is 4.76. The van der Waals surface area contributed by atoms with Crippen molar-refractivity contribution < 1.29 is 17.5 Å². The summed E-state index contributed by atoms with van der Waals surface area (Å²) in [5.74, 6) is 0.0211. The lowest BCUT2D eigenvalue weighted by atomic mass is 10.2. The Morgan fingerprint density at radius 3 is 2.48 bits per heavy atom. The highest BCUT2D eigenvalue weighted by Crippen LogP contribution is 2.25. The molecule has 0 aliphatic carbocycles. The Morgan fingerprint density at radius 2 is 1.90 bits per heavy atom. The maximum Gasteiger partial charge on any atom is 0.261 e. The molecule has 2 rings (SSSR count). The van der Waals surface area contributed by atoms with Crippen molar-refractivity contribution in [3.8, 4) is 5.75 Å². The van der Waals surface area contributed by atoms with Crippen molar-refractivity contribution in [3.05, 3.63) is 58.4 Å². The third-order valence-electron chi connectivity index (χ3n) is 2.81. The average molecular weight is 349 g/mol. The van der Waals surface area contributed by atoms with E-state index < -0.39 is 14.9 Å². The first-order valence-electron chi connectivity index (χ1n) is 5.89. The van der Waals surface area contributed by atoms with E-state index in [9.17, 15) is 12.8 Å². The van der Waals surface area contributed by atoms with Crippen LogP contribution in [0.5, 0.6) is 5.75 Å². The first-order chi connectivity index (χ1) is 9.77. The molecule has 0 N–H and O–H groups in total. The molecule has 0 saturated heterocycles. The molecule has 0 spiro atoms. The van der Waals surface area contributed by atoms with E-state index in [1.54, 1.807) is 13.0 Å². The lowest BCUT2D eigenvalue weighted by molar-refractivity contribution is 0.303. The second-order valence-corrected chi connectivity index (χ2v) is 7.38. The Hall–Kier alpha value is -1.30. The van der Waals surface area contributed by atoms with Gasteiger partial charge in [-0.3, -0.25) is 0 Å².